The molecule has 146 valence electrons. The van der Waals surface area contributed by atoms with Crippen molar-refractivity contribution in [3.05, 3.63) is 49.8 Å². The molecule has 1 aliphatic heterocycles. The van der Waals surface area contributed by atoms with Gasteiger partial charge in [0.1, 0.15) is 11.8 Å². The molecule has 1 fully saturated rings. The van der Waals surface area contributed by atoms with Crippen LogP contribution in [0.25, 0.3) is 0 Å². The Hall–Kier alpha value is -2.48. The third-order valence-corrected chi connectivity index (χ3v) is 5.03. The van der Waals surface area contributed by atoms with Gasteiger partial charge in [0, 0.05) is 14.5 Å². The number of carbonyl (C=O) groups is 3. The lowest BCUT2D eigenvalue weighted by molar-refractivity contribution is -0.122. The average Bonchev–Trinajstić information content (AvgIpc) is 3.43. The molecular weight excluding hydrogens is 500 g/mol. The number of hydrogen-bond acceptors (Lipinski definition) is 7. The van der Waals surface area contributed by atoms with Gasteiger partial charge in [-0.15, -0.1) is 0 Å². The first-order valence-electron chi connectivity index (χ1n) is 7.78. The lowest BCUT2D eigenvalue weighted by atomic mass is 9.97. The normalized spacial score (nSPS) is 21.0. The Bertz CT molecular complexity index is 945. The first kappa shape index (κ1) is 21.8. The van der Waals surface area contributed by atoms with E-state index in [0.717, 1.165) is 4.47 Å². The zero-order chi connectivity index (χ0) is 21.2. The van der Waals surface area contributed by atoms with Crippen LogP contribution in [0.15, 0.2) is 49.8 Å². The van der Waals surface area contributed by atoms with E-state index in [0.29, 0.717) is 10.2 Å². The molecule has 0 saturated carbocycles. The largest absolute Gasteiger partial charge is 0.511 e. The Balaban J connectivity index is 0.000000218. The summed E-state index contributed by atoms with van der Waals surface area (Å²) in [5.41, 5.74) is 0.323. The van der Waals surface area contributed by atoms with Gasteiger partial charge in [0.2, 0.25) is 5.78 Å². The number of Topliss-reactive ketones (excluding diaryl/α,β-unsaturated/α-hetero) is 2. The molecule has 1 aliphatic carbocycles. The second kappa shape index (κ2) is 8.68. The van der Waals surface area contributed by atoms with E-state index in [1.54, 1.807) is 24.3 Å². The van der Waals surface area contributed by atoms with E-state index in [9.17, 15) is 14.4 Å². The fraction of sp³-hybridized carbons (Fsp3) is 0.222. The Morgan fingerprint density at radius 1 is 1.25 bits per heavy atom. The fourth-order valence-corrected chi connectivity index (χ4v) is 2.94. The van der Waals surface area contributed by atoms with Crippen LogP contribution in [0, 0.1) is 11.3 Å². The highest BCUT2D eigenvalue weighted by molar-refractivity contribution is 9.11. The van der Waals surface area contributed by atoms with Crippen LogP contribution in [0.3, 0.4) is 0 Å². The van der Waals surface area contributed by atoms with Gasteiger partial charge < -0.3 is 20.3 Å². The monoisotopic (exact) mass is 512 g/mol. The average molecular weight is 514 g/mol. The SMILES string of the molecule is CC(O)=C(C#N)C(=O)Nc1cc(Br)ccc1Br.CC1=C(O)C(=O)C2OC2C1=O. The van der Waals surface area contributed by atoms with Crippen LogP contribution in [0.4, 0.5) is 5.69 Å². The zero-order valence-corrected chi connectivity index (χ0v) is 17.8. The third kappa shape index (κ3) is 4.67. The minimum atomic E-state index is -0.689. The number of allylic oxidation sites excluding steroid dienone is 1. The summed E-state index contributed by atoms with van der Waals surface area (Å²) < 4.78 is 6.22. The Morgan fingerprint density at radius 2 is 1.86 bits per heavy atom. The molecule has 28 heavy (non-hydrogen) atoms. The lowest BCUT2D eigenvalue weighted by Gasteiger charge is -2.07. The highest BCUT2D eigenvalue weighted by Gasteiger charge is 2.55. The molecule has 0 spiro atoms. The van der Waals surface area contributed by atoms with Crippen LogP contribution in [-0.2, 0) is 19.1 Å². The van der Waals surface area contributed by atoms with E-state index < -0.39 is 29.7 Å². The predicted octanol–water partition coefficient (Wildman–Crippen LogP) is 3.24. The molecule has 0 bridgehead atoms. The molecule has 2 atom stereocenters. The summed E-state index contributed by atoms with van der Waals surface area (Å²) in [5, 5.41) is 29.4. The molecule has 0 radical (unpaired) electrons. The fourth-order valence-electron chi connectivity index (χ4n) is 2.23. The van der Waals surface area contributed by atoms with Gasteiger partial charge in [0.05, 0.1) is 5.69 Å². The van der Waals surface area contributed by atoms with E-state index in [-0.39, 0.29) is 22.7 Å². The van der Waals surface area contributed by atoms with E-state index in [1.807, 2.05) is 0 Å². The molecular formula is C18H14Br2N2O6. The lowest BCUT2D eigenvalue weighted by Crippen LogP contribution is -2.26. The minimum Gasteiger partial charge on any atom is -0.511 e. The highest BCUT2D eigenvalue weighted by Crippen LogP contribution is 2.33. The summed E-state index contributed by atoms with van der Waals surface area (Å²) in [6.45, 7) is 2.71. The van der Waals surface area contributed by atoms with Gasteiger partial charge in [-0.3, -0.25) is 14.4 Å². The highest BCUT2D eigenvalue weighted by atomic mass is 79.9. The number of epoxide rings is 1. The van der Waals surface area contributed by atoms with E-state index in [1.165, 1.54) is 13.8 Å². The van der Waals surface area contributed by atoms with Crippen molar-refractivity contribution >= 4 is 55.0 Å². The number of aliphatic hydroxyl groups is 2. The van der Waals surface area contributed by atoms with Crippen LogP contribution in [0.1, 0.15) is 13.8 Å². The molecule has 3 N–H and O–H groups in total. The number of carbonyl (C=O) groups excluding carboxylic acids is 3. The number of halogens is 2. The van der Waals surface area contributed by atoms with Crippen molar-refractivity contribution in [2.24, 2.45) is 0 Å². The number of ketones is 2. The van der Waals surface area contributed by atoms with Crippen LogP contribution in [-0.4, -0.2) is 39.9 Å². The number of nitriles is 1. The van der Waals surface area contributed by atoms with Gasteiger partial charge >= 0.3 is 0 Å². The summed E-state index contributed by atoms with van der Waals surface area (Å²) in [7, 11) is 0. The van der Waals surface area contributed by atoms with E-state index in [2.05, 4.69) is 37.2 Å². The van der Waals surface area contributed by atoms with Crippen molar-refractivity contribution in [2.75, 3.05) is 5.32 Å². The second-order valence-electron chi connectivity index (χ2n) is 5.83. The van der Waals surface area contributed by atoms with Crippen LogP contribution >= 0.6 is 31.9 Å². The Kier molecular flexibility index (Phi) is 6.77. The van der Waals surface area contributed by atoms with Crippen LogP contribution in [0.5, 0.6) is 0 Å². The van der Waals surface area contributed by atoms with Crippen LogP contribution < -0.4 is 5.32 Å². The molecule has 1 aromatic rings. The van der Waals surface area contributed by atoms with Gasteiger partial charge in [0.25, 0.3) is 5.91 Å². The van der Waals surface area contributed by atoms with Crippen LogP contribution in [0.2, 0.25) is 0 Å². The number of amides is 1. The maximum atomic E-state index is 11.7. The first-order valence-corrected chi connectivity index (χ1v) is 9.37. The molecule has 2 aliphatic rings. The zero-order valence-electron chi connectivity index (χ0n) is 14.6. The number of aliphatic hydroxyl groups excluding tert-OH is 2. The summed E-state index contributed by atoms with van der Waals surface area (Å²) >= 11 is 6.54. The van der Waals surface area contributed by atoms with Gasteiger partial charge in [-0.25, -0.2) is 0 Å². The van der Waals surface area contributed by atoms with Gasteiger partial charge in [-0.05, 0) is 48.0 Å². The van der Waals surface area contributed by atoms with Crippen molar-refractivity contribution in [2.45, 2.75) is 26.1 Å². The second-order valence-corrected chi connectivity index (χ2v) is 7.60. The van der Waals surface area contributed by atoms with Gasteiger partial charge in [-0.1, -0.05) is 15.9 Å². The molecule has 8 nitrogen and oxygen atoms in total. The maximum Gasteiger partial charge on any atom is 0.269 e. The molecule has 1 amide bonds. The maximum absolute atomic E-state index is 11.7. The summed E-state index contributed by atoms with van der Waals surface area (Å²) in [5.74, 6) is -2.13. The summed E-state index contributed by atoms with van der Waals surface area (Å²) in [6, 6.07) is 6.89. The molecule has 1 aromatic carbocycles. The number of ether oxygens (including phenoxy) is 1. The predicted molar refractivity (Wildman–Crippen MR) is 105 cm³/mol. The van der Waals surface area contributed by atoms with E-state index >= 15 is 0 Å². The molecule has 1 heterocycles. The topological polar surface area (TPSA) is 140 Å². The van der Waals surface area contributed by atoms with Crippen molar-refractivity contribution in [3.8, 4) is 6.07 Å². The van der Waals surface area contributed by atoms with Gasteiger partial charge in [-0.2, -0.15) is 5.26 Å². The molecule has 2 unspecified atom stereocenters. The number of nitrogens with one attached hydrogen (secondary N) is 1. The quantitative estimate of drug-likeness (QED) is 0.238. The third-order valence-electron chi connectivity index (χ3n) is 3.84. The van der Waals surface area contributed by atoms with Crippen molar-refractivity contribution in [1.29, 1.82) is 5.26 Å². The Labute approximate surface area is 176 Å². The van der Waals surface area contributed by atoms with Crippen molar-refractivity contribution in [3.63, 3.8) is 0 Å². The molecule has 3 rings (SSSR count). The molecule has 1 saturated heterocycles. The number of anilines is 1. The number of benzene rings is 1. The number of nitrogens with zero attached hydrogens (tertiary/aromatic N) is 1. The minimum absolute atomic E-state index is 0.119. The summed E-state index contributed by atoms with van der Waals surface area (Å²) in [6.07, 6.45) is -1.29. The van der Waals surface area contributed by atoms with Gasteiger partial charge in [0.15, 0.2) is 29.3 Å². The smallest absolute Gasteiger partial charge is 0.269 e. The molecule has 10 heteroatoms. The van der Waals surface area contributed by atoms with Crippen molar-refractivity contribution in [1.82, 2.24) is 0 Å². The van der Waals surface area contributed by atoms with E-state index in [4.69, 9.17) is 20.2 Å². The number of fused-ring (bicyclic) bond motifs is 1. The standard InChI is InChI=1S/C11H8Br2N2O2.C7H6O4/c1-6(16)8(5-14)11(17)15-10-4-7(12)2-3-9(10)13;1-2-3(8)5(10)7-6(11-7)4(2)9/h2-4,16H,1H3,(H,15,17);6-8H,1H3. The summed E-state index contributed by atoms with van der Waals surface area (Å²) in [4.78, 5) is 33.6. The molecule has 0 aromatic heterocycles. The Morgan fingerprint density at radius 3 is 2.43 bits per heavy atom. The number of rotatable bonds is 2. The van der Waals surface area contributed by atoms with Crippen molar-refractivity contribution < 1.29 is 29.3 Å². The first-order chi connectivity index (χ1) is 13.1. The number of hydrogen-bond donors (Lipinski definition) is 3.